The molecule has 1 fully saturated rings. The molecule has 0 aromatic rings. The Kier molecular flexibility index (Phi) is 18.6. The lowest BCUT2D eigenvalue weighted by Crippen LogP contribution is -2.57. The van der Waals surface area contributed by atoms with E-state index in [0.29, 0.717) is 71.0 Å². The van der Waals surface area contributed by atoms with Gasteiger partial charge in [-0.3, -0.25) is 29.2 Å². The monoisotopic (exact) mass is 655 g/mol. The van der Waals surface area contributed by atoms with Crippen molar-refractivity contribution in [1.82, 2.24) is 20.9 Å². The largest absolute Gasteiger partial charge is 0.480 e. The van der Waals surface area contributed by atoms with E-state index in [2.05, 4.69) is 25.9 Å². The maximum absolute atomic E-state index is 13.2. The first-order valence-electron chi connectivity index (χ1n) is 15.5. The number of carboxylic acid groups (broad SMARTS) is 1. The lowest BCUT2D eigenvalue weighted by molar-refractivity contribution is -0.143. The fraction of sp³-hybridized carbons (Fsp3) is 0.741. The highest BCUT2D eigenvalue weighted by Crippen LogP contribution is 2.20. The average molecular weight is 656 g/mol. The lowest BCUT2D eigenvalue weighted by atomic mass is 10.1. The minimum Gasteiger partial charge on any atom is -0.480 e. The Morgan fingerprint density at radius 1 is 0.783 bits per heavy atom. The Balaban J connectivity index is 2.59. The highest BCUT2D eigenvalue weighted by Gasteiger charge is 2.37. The molecule has 1 aliphatic rings. The van der Waals surface area contributed by atoms with Gasteiger partial charge in [-0.05, 0) is 70.8 Å². The van der Waals surface area contributed by atoms with Crippen molar-refractivity contribution in [2.75, 3.05) is 32.7 Å². The third kappa shape index (κ3) is 15.2. The van der Waals surface area contributed by atoms with E-state index in [1.807, 2.05) is 0 Å². The minimum atomic E-state index is -1.25. The Hall–Kier alpha value is -4.23. The number of nitrogens with two attached hydrogens (primary N) is 7. The molecule has 0 aromatic carbocycles. The quantitative estimate of drug-likeness (QED) is 0.0297. The van der Waals surface area contributed by atoms with Crippen LogP contribution in [0.1, 0.15) is 64.2 Å². The van der Waals surface area contributed by atoms with Crippen LogP contribution in [0, 0.1) is 0 Å². The number of carbonyl (C=O) groups excluding carboxylic acids is 4. The Morgan fingerprint density at radius 2 is 1.39 bits per heavy atom. The second-order valence-corrected chi connectivity index (χ2v) is 11.1. The van der Waals surface area contributed by atoms with E-state index in [1.165, 1.54) is 4.90 Å². The summed E-state index contributed by atoms with van der Waals surface area (Å²) in [4.78, 5) is 72.2. The van der Waals surface area contributed by atoms with Crippen LogP contribution in [0.4, 0.5) is 0 Å². The van der Waals surface area contributed by atoms with E-state index in [-0.39, 0.29) is 43.8 Å². The van der Waals surface area contributed by atoms with Gasteiger partial charge in [0.2, 0.25) is 23.6 Å². The van der Waals surface area contributed by atoms with E-state index in [4.69, 9.17) is 40.1 Å². The molecule has 262 valence electrons. The van der Waals surface area contributed by atoms with Gasteiger partial charge >= 0.3 is 5.97 Å². The van der Waals surface area contributed by atoms with E-state index < -0.39 is 53.9 Å². The summed E-state index contributed by atoms with van der Waals surface area (Å²) < 4.78 is 0. The fourth-order valence-corrected chi connectivity index (χ4v) is 4.86. The summed E-state index contributed by atoms with van der Waals surface area (Å²) in [5.74, 6) is -3.34. The van der Waals surface area contributed by atoms with Crippen molar-refractivity contribution in [3.8, 4) is 0 Å². The molecule has 1 rings (SSSR count). The molecule has 1 saturated heterocycles. The van der Waals surface area contributed by atoms with Crippen LogP contribution in [0.2, 0.25) is 0 Å². The van der Waals surface area contributed by atoms with Crippen molar-refractivity contribution < 1.29 is 29.1 Å². The summed E-state index contributed by atoms with van der Waals surface area (Å²) in [6.45, 7) is 1.31. The zero-order chi connectivity index (χ0) is 34.6. The molecule has 1 unspecified atom stereocenters. The summed E-state index contributed by atoms with van der Waals surface area (Å²) in [6.07, 6.45) is 3.80. The minimum absolute atomic E-state index is 0.0175. The second-order valence-electron chi connectivity index (χ2n) is 11.1. The van der Waals surface area contributed by atoms with Crippen LogP contribution in [0.3, 0.4) is 0 Å². The third-order valence-electron chi connectivity index (χ3n) is 7.35. The number of guanidine groups is 2. The van der Waals surface area contributed by atoms with Gasteiger partial charge in [0.15, 0.2) is 11.9 Å². The normalized spacial score (nSPS) is 16.8. The van der Waals surface area contributed by atoms with E-state index in [9.17, 15) is 29.1 Å². The maximum Gasteiger partial charge on any atom is 0.326 e. The smallest absolute Gasteiger partial charge is 0.326 e. The van der Waals surface area contributed by atoms with Gasteiger partial charge in [0.25, 0.3) is 0 Å². The summed E-state index contributed by atoms with van der Waals surface area (Å²) in [5.41, 5.74) is 38.8. The predicted molar refractivity (Wildman–Crippen MR) is 173 cm³/mol. The topological polar surface area (TPSA) is 352 Å². The number of amides is 4. The standard InChI is InChI=1S/C27H53N13O6/c28-11-10-18(22(42)39-19(25(45)46)8-4-14-37-27(33)34)38-23(43)20-9-5-15-40(20)24(44)17(30)6-1-2-12-35-21(41)16(29)7-3-13-36-26(31)32/h16-20H,1-15,28-30H2,(H,35,41)(H,38,43)(H,39,42)(H,45,46)(H4,31,32,36)(H4,33,34,37)/t16?,17-,18-,19-,20-/m0/s1. The molecule has 5 atom stereocenters. The number of unbranched alkanes of at least 4 members (excludes halogenated alkanes) is 1. The molecule has 0 saturated carbocycles. The van der Waals surface area contributed by atoms with Crippen molar-refractivity contribution >= 4 is 41.5 Å². The molecule has 18 N–H and O–H groups in total. The maximum atomic E-state index is 13.2. The number of likely N-dealkylation sites (tertiary alicyclic amines) is 1. The van der Waals surface area contributed by atoms with Gasteiger partial charge in [-0.2, -0.15) is 0 Å². The molecule has 19 heteroatoms. The van der Waals surface area contributed by atoms with E-state index >= 15 is 0 Å². The number of carbonyl (C=O) groups is 5. The molecule has 1 aliphatic heterocycles. The highest BCUT2D eigenvalue weighted by molar-refractivity contribution is 5.94. The molecule has 4 amide bonds. The third-order valence-corrected chi connectivity index (χ3v) is 7.35. The highest BCUT2D eigenvalue weighted by atomic mass is 16.4. The zero-order valence-electron chi connectivity index (χ0n) is 26.4. The SMILES string of the molecule is NCC[C@H](NC(=O)[C@@H]1CCCN1C(=O)[C@@H](N)CCCCNC(=O)C(N)CCCN=C(N)N)C(=O)N[C@@H](CCCN=C(N)N)C(=O)O. The van der Waals surface area contributed by atoms with Crippen molar-refractivity contribution in [1.29, 1.82) is 0 Å². The molecule has 0 aliphatic carbocycles. The molecular weight excluding hydrogens is 602 g/mol. The molecule has 0 bridgehead atoms. The number of aliphatic imine (C=N–C) groups is 2. The van der Waals surface area contributed by atoms with Crippen LogP contribution < -0.4 is 56.1 Å². The zero-order valence-corrected chi connectivity index (χ0v) is 26.4. The summed E-state index contributed by atoms with van der Waals surface area (Å²) in [7, 11) is 0. The molecular formula is C27H53N13O6. The molecule has 46 heavy (non-hydrogen) atoms. The van der Waals surface area contributed by atoms with Gasteiger partial charge < -0.3 is 66.1 Å². The Morgan fingerprint density at radius 3 is 1.98 bits per heavy atom. The first-order chi connectivity index (χ1) is 21.8. The number of carboxylic acids is 1. The van der Waals surface area contributed by atoms with Gasteiger partial charge in [-0.1, -0.05) is 0 Å². The predicted octanol–water partition coefficient (Wildman–Crippen LogP) is -4.57. The average Bonchev–Trinajstić information content (AvgIpc) is 3.49. The lowest BCUT2D eigenvalue weighted by Gasteiger charge is -2.28. The van der Waals surface area contributed by atoms with Crippen LogP contribution in [0.25, 0.3) is 0 Å². The van der Waals surface area contributed by atoms with Crippen molar-refractivity contribution in [3.05, 3.63) is 0 Å². The summed E-state index contributed by atoms with van der Waals surface area (Å²) in [6, 6.07) is -4.72. The second kappa shape index (κ2) is 21.5. The van der Waals surface area contributed by atoms with Crippen LogP contribution in [0.5, 0.6) is 0 Å². The van der Waals surface area contributed by atoms with Crippen LogP contribution in [-0.4, -0.2) is 114 Å². The molecule has 0 aromatic heterocycles. The molecule has 0 spiro atoms. The van der Waals surface area contributed by atoms with Gasteiger partial charge in [0.1, 0.15) is 18.1 Å². The van der Waals surface area contributed by atoms with Crippen LogP contribution in [-0.2, 0) is 24.0 Å². The van der Waals surface area contributed by atoms with Gasteiger partial charge in [0, 0.05) is 26.2 Å². The van der Waals surface area contributed by atoms with Crippen LogP contribution >= 0.6 is 0 Å². The van der Waals surface area contributed by atoms with Gasteiger partial charge in [-0.25, -0.2) is 4.79 Å². The van der Waals surface area contributed by atoms with Crippen LogP contribution in [0.15, 0.2) is 9.98 Å². The first-order valence-corrected chi connectivity index (χ1v) is 15.5. The van der Waals surface area contributed by atoms with Gasteiger partial charge in [0.05, 0.1) is 12.1 Å². The number of hydrogen-bond acceptors (Lipinski definition) is 10. The fourth-order valence-electron chi connectivity index (χ4n) is 4.86. The number of aliphatic carboxylic acids is 1. The number of nitrogens with one attached hydrogen (secondary N) is 3. The van der Waals surface area contributed by atoms with Gasteiger partial charge in [-0.15, -0.1) is 0 Å². The van der Waals surface area contributed by atoms with Crippen molar-refractivity contribution in [3.63, 3.8) is 0 Å². The number of hydrogen-bond donors (Lipinski definition) is 11. The number of rotatable bonds is 22. The Labute approximate surface area is 268 Å². The van der Waals surface area contributed by atoms with E-state index in [1.54, 1.807) is 0 Å². The van der Waals surface area contributed by atoms with E-state index in [0.717, 1.165) is 0 Å². The molecule has 0 radical (unpaired) electrons. The van der Waals surface area contributed by atoms with Crippen molar-refractivity contribution in [2.45, 2.75) is 94.4 Å². The number of nitrogens with zero attached hydrogens (tertiary/aromatic N) is 3. The summed E-state index contributed by atoms with van der Waals surface area (Å²) in [5, 5.41) is 17.4. The molecule has 19 nitrogen and oxygen atoms in total. The Bertz CT molecular complexity index is 1060. The first kappa shape index (κ1) is 39.8. The summed E-state index contributed by atoms with van der Waals surface area (Å²) >= 11 is 0. The van der Waals surface area contributed by atoms with Crippen molar-refractivity contribution in [2.24, 2.45) is 50.1 Å². The molecule has 1 heterocycles.